The number of nitrogens with zero attached hydrogens (tertiary/aromatic N) is 2. The van der Waals surface area contributed by atoms with E-state index in [9.17, 15) is 22.4 Å². The fourth-order valence-corrected chi connectivity index (χ4v) is 4.67. The van der Waals surface area contributed by atoms with Crippen molar-refractivity contribution in [2.24, 2.45) is 0 Å². The second-order valence-electron chi connectivity index (χ2n) is 8.56. The predicted octanol–water partition coefficient (Wildman–Crippen LogP) is 4.36. The van der Waals surface area contributed by atoms with Gasteiger partial charge in [-0.25, -0.2) is 12.8 Å². The van der Waals surface area contributed by atoms with Gasteiger partial charge in [-0.3, -0.25) is 13.9 Å². The Morgan fingerprint density at radius 2 is 1.77 bits per heavy atom. The van der Waals surface area contributed by atoms with Gasteiger partial charge in [-0.15, -0.1) is 0 Å². The van der Waals surface area contributed by atoms with Crippen molar-refractivity contribution in [3.63, 3.8) is 0 Å². The Morgan fingerprint density at radius 3 is 2.34 bits per heavy atom. The van der Waals surface area contributed by atoms with Gasteiger partial charge in [-0.1, -0.05) is 30.7 Å². The van der Waals surface area contributed by atoms with Crippen LogP contribution >= 0.6 is 11.6 Å². The summed E-state index contributed by atoms with van der Waals surface area (Å²) in [6, 6.07) is 11.4. The van der Waals surface area contributed by atoms with Gasteiger partial charge >= 0.3 is 0 Å². The minimum absolute atomic E-state index is 0.0226. The van der Waals surface area contributed by atoms with E-state index in [1.54, 1.807) is 25.1 Å². The number of carbonyl (C=O) groups excluding carboxylic acids is 2. The van der Waals surface area contributed by atoms with Crippen molar-refractivity contribution < 1.29 is 22.4 Å². The Balaban J connectivity index is 2.16. The minimum atomic E-state index is -3.64. The van der Waals surface area contributed by atoms with Crippen molar-refractivity contribution in [1.29, 1.82) is 0 Å². The third-order valence-electron chi connectivity index (χ3n) is 5.68. The lowest BCUT2D eigenvalue weighted by Crippen LogP contribution is -2.49. The van der Waals surface area contributed by atoms with Gasteiger partial charge in [-0.05, 0) is 68.7 Å². The Kier molecular flexibility index (Phi) is 10.5. The SMILES string of the molecule is CCC(C)NC(=O)C(C)N(Cc1cccc(Cl)c1)C(=O)CCCN(c1ccc(F)cc1)S(C)(=O)=O. The maximum absolute atomic E-state index is 13.3. The lowest BCUT2D eigenvalue weighted by atomic mass is 10.1. The van der Waals surface area contributed by atoms with Gasteiger partial charge in [0.15, 0.2) is 0 Å². The van der Waals surface area contributed by atoms with Crippen LogP contribution in [0.15, 0.2) is 48.5 Å². The number of benzene rings is 2. The molecule has 0 aliphatic carbocycles. The number of hydrogen-bond acceptors (Lipinski definition) is 4. The summed E-state index contributed by atoms with van der Waals surface area (Å²) in [6.07, 6.45) is 2.06. The standard InChI is InChI=1S/C25H33ClFN3O4S/c1-5-18(2)28-25(32)19(3)29(17-20-8-6-9-21(26)16-20)24(31)10-7-15-30(35(4,33)34)23-13-11-22(27)12-14-23/h6,8-9,11-14,16,18-19H,5,7,10,15,17H2,1-4H3,(H,28,32). The summed E-state index contributed by atoms with van der Waals surface area (Å²) in [5, 5.41) is 3.43. The predicted molar refractivity (Wildman–Crippen MR) is 137 cm³/mol. The summed E-state index contributed by atoms with van der Waals surface area (Å²) in [5.74, 6) is -1.03. The molecule has 2 aromatic rings. The van der Waals surface area contributed by atoms with Crippen LogP contribution in [0.2, 0.25) is 5.02 Å². The number of nitrogens with one attached hydrogen (secondary N) is 1. The normalized spacial score (nSPS) is 13.1. The molecule has 0 saturated heterocycles. The summed E-state index contributed by atoms with van der Waals surface area (Å²) in [5.41, 5.74) is 1.09. The average Bonchev–Trinajstić information content (AvgIpc) is 2.79. The lowest BCUT2D eigenvalue weighted by molar-refractivity contribution is -0.140. The van der Waals surface area contributed by atoms with Crippen LogP contribution in [-0.4, -0.2) is 50.0 Å². The van der Waals surface area contributed by atoms with Crippen LogP contribution in [0.25, 0.3) is 0 Å². The molecule has 0 aromatic heterocycles. The largest absolute Gasteiger partial charge is 0.352 e. The minimum Gasteiger partial charge on any atom is -0.352 e. The molecule has 0 fully saturated rings. The molecule has 0 aliphatic rings. The molecule has 10 heteroatoms. The Bertz CT molecular complexity index is 1110. The summed E-state index contributed by atoms with van der Waals surface area (Å²) in [6.45, 7) is 5.74. The Hall–Kier alpha value is -2.65. The van der Waals surface area contributed by atoms with E-state index >= 15 is 0 Å². The topological polar surface area (TPSA) is 86.8 Å². The molecule has 192 valence electrons. The first-order valence-corrected chi connectivity index (χ1v) is 13.7. The molecule has 2 aromatic carbocycles. The molecule has 1 N–H and O–H groups in total. The van der Waals surface area contributed by atoms with Crippen molar-refractivity contribution in [1.82, 2.24) is 10.2 Å². The number of halogens is 2. The summed E-state index contributed by atoms with van der Waals surface area (Å²) >= 11 is 6.10. The molecule has 35 heavy (non-hydrogen) atoms. The highest BCUT2D eigenvalue weighted by Gasteiger charge is 2.27. The van der Waals surface area contributed by atoms with Crippen molar-refractivity contribution >= 4 is 39.1 Å². The molecule has 0 heterocycles. The van der Waals surface area contributed by atoms with Gasteiger partial charge < -0.3 is 10.2 Å². The highest BCUT2D eigenvalue weighted by atomic mass is 35.5. The van der Waals surface area contributed by atoms with Crippen LogP contribution < -0.4 is 9.62 Å². The molecular formula is C25H33ClFN3O4S. The molecule has 0 radical (unpaired) electrons. The Labute approximate surface area is 212 Å². The molecule has 0 aliphatic heterocycles. The maximum Gasteiger partial charge on any atom is 0.242 e. The number of rotatable bonds is 12. The number of anilines is 1. The van der Waals surface area contributed by atoms with Gasteiger partial charge in [0.25, 0.3) is 0 Å². The fraction of sp³-hybridized carbons (Fsp3) is 0.440. The maximum atomic E-state index is 13.3. The van der Waals surface area contributed by atoms with Crippen molar-refractivity contribution in [2.45, 2.75) is 58.7 Å². The van der Waals surface area contributed by atoms with Gasteiger partial charge in [0.1, 0.15) is 11.9 Å². The molecular weight excluding hydrogens is 493 g/mol. The van der Waals surface area contributed by atoms with Gasteiger partial charge in [-0.2, -0.15) is 0 Å². The summed E-state index contributed by atoms with van der Waals surface area (Å²) in [7, 11) is -3.64. The van der Waals surface area contributed by atoms with Crippen LogP contribution in [0, 0.1) is 5.82 Å². The lowest BCUT2D eigenvalue weighted by Gasteiger charge is -2.30. The first-order valence-electron chi connectivity index (χ1n) is 11.5. The third-order valence-corrected chi connectivity index (χ3v) is 7.11. The highest BCUT2D eigenvalue weighted by Crippen LogP contribution is 2.20. The first-order chi connectivity index (χ1) is 16.4. The van der Waals surface area contributed by atoms with Crippen LogP contribution in [0.3, 0.4) is 0 Å². The molecule has 2 atom stereocenters. The second-order valence-corrected chi connectivity index (χ2v) is 10.9. The van der Waals surface area contributed by atoms with Crippen molar-refractivity contribution in [2.75, 3.05) is 17.1 Å². The van der Waals surface area contributed by atoms with E-state index in [0.717, 1.165) is 22.5 Å². The molecule has 2 unspecified atom stereocenters. The van der Waals surface area contributed by atoms with Crippen LogP contribution in [0.1, 0.15) is 45.6 Å². The molecule has 0 spiro atoms. The zero-order valence-corrected chi connectivity index (χ0v) is 22.1. The van der Waals surface area contributed by atoms with Gasteiger partial charge in [0.2, 0.25) is 21.8 Å². The molecule has 7 nitrogen and oxygen atoms in total. The first kappa shape index (κ1) is 28.6. The van der Waals surface area contributed by atoms with E-state index in [0.29, 0.717) is 10.7 Å². The van der Waals surface area contributed by atoms with Gasteiger partial charge in [0.05, 0.1) is 11.9 Å². The monoisotopic (exact) mass is 525 g/mol. The Morgan fingerprint density at radius 1 is 1.11 bits per heavy atom. The highest BCUT2D eigenvalue weighted by molar-refractivity contribution is 7.92. The van der Waals surface area contributed by atoms with Gasteiger partial charge in [0, 0.05) is 30.6 Å². The zero-order valence-electron chi connectivity index (χ0n) is 20.5. The average molecular weight is 526 g/mol. The van der Waals surface area contributed by atoms with Crippen LogP contribution in [-0.2, 0) is 26.2 Å². The third kappa shape index (κ3) is 8.81. The second kappa shape index (κ2) is 12.9. The quantitative estimate of drug-likeness (QED) is 0.446. The summed E-state index contributed by atoms with van der Waals surface area (Å²) in [4.78, 5) is 27.5. The van der Waals surface area contributed by atoms with E-state index in [1.807, 2.05) is 19.9 Å². The number of sulfonamides is 1. The van der Waals surface area contributed by atoms with E-state index < -0.39 is 21.9 Å². The summed E-state index contributed by atoms with van der Waals surface area (Å²) < 4.78 is 39.0. The molecule has 0 saturated carbocycles. The molecule has 2 rings (SSSR count). The van der Waals surface area contributed by atoms with E-state index in [4.69, 9.17) is 11.6 Å². The number of carbonyl (C=O) groups is 2. The zero-order chi connectivity index (χ0) is 26.2. The molecule has 0 bridgehead atoms. The smallest absolute Gasteiger partial charge is 0.242 e. The van der Waals surface area contributed by atoms with E-state index in [2.05, 4.69) is 5.32 Å². The van der Waals surface area contributed by atoms with Crippen LogP contribution in [0.5, 0.6) is 0 Å². The number of amides is 2. The van der Waals surface area contributed by atoms with Crippen LogP contribution in [0.4, 0.5) is 10.1 Å². The van der Waals surface area contributed by atoms with Crippen molar-refractivity contribution in [3.05, 3.63) is 64.9 Å². The van der Waals surface area contributed by atoms with Crippen molar-refractivity contribution in [3.8, 4) is 0 Å². The van der Waals surface area contributed by atoms with E-state index in [1.165, 1.54) is 29.2 Å². The molecule has 2 amide bonds. The number of hydrogen-bond donors (Lipinski definition) is 1. The fourth-order valence-electron chi connectivity index (χ4n) is 3.49. The van der Waals surface area contributed by atoms with E-state index in [-0.39, 0.29) is 43.8 Å².